The standard InChI is InChI=1S/C25H17Cl2N3O4S/c1-12-9-19-18(11-16(12)27)29-25(35-19)30-21(17-5-3-4-8-28-17)20(23(32)24(30)33)22(31)14-10-13(34-2)6-7-15(14)26/h3-11,21,31H,1-2H3/b22-20+. The predicted octanol–water partition coefficient (Wildman–Crippen LogP) is 5.94. The third kappa shape index (κ3) is 3.93. The van der Waals surface area contributed by atoms with E-state index in [1.165, 1.54) is 29.4 Å². The number of carbonyl (C=O) groups excluding carboxylic acids is 2. The molecule has 5 rings (SSSR count). The summed E-state index contributed by atoms with van der Waals surface area (Å²) in [6.07, 6.45) is 1.55. The number of carbonyl (C=O) groups is 2. The van der Waals surface area contributed by atoms with Crippen molar-refractivity contribution in [3.05, 3.63) is 87.2 Å². The molecule has 3 heterocycles. The zero-order valence-electron chi connectivity index (χ0n) is 18.5. The molecule has 1 N–H and O–H groups in total. The number of pyridine rings is 1. The Kier molecular flexibility index (Phi) is 5.96. The molecule has 35 heavy (non-hydrogen) atoms. The molecule has 1 unspecified atom stereocenters. The number of thiazole rings is 1. The minimum Gasteiger partial charge on any atom is -0.507 e. The topological polar surface area (TPSA) is 92.6 Å². The zero-order chi connectivity index (χ0) is 24.9. The maximum absolute atomic E-state index is 13.3. The average Bonchev–Trinajstić information content (AvgIpc) is 3.37. The summed E-state index contributed by atoms with van der Waals surface area (Å²) in [6.45, 7) is 1.87. The predicted molar refractivity (Wildman–Crippen MR) is 136 cm³/mol. The molecule has 176 valence electrons. The molecule has 1 aliphatic heterocycles. The molecule has 1 atom stereocenters. The first-order chi connectivity index (χ1) is 16.8. The summed E-state index contributed by atoms with van der Waals surface area (Å²) in [5.74, 6) is -1.70. The molecule has 0 radical (unpaired) electrons. The molecule has 1 saturated heterocycles. The van der Waals surface area contributed by atoms with E-state index in [0.29, 0.717) is 22.0 Å². The molecule has 0 saturated carbocycles. The lowest BCUT2D eigenvalue weighted by Crippen LogP contribution is -2.29. The number of aliphatic hydroxyl groups excluding tert-OH is 1. The van der Waals surface area contributed by atoms with Crippen LogP contribution in [0.2, 0.25) is 10.0 Å². The lowest BCUT2D eigenvalue weighted by atomic mass is 9.98. The van der Waals surface area contributed by atoms with Crippen LogP contribution < -0.4 is 9.64 Å². The first kappa shape index (κ1) is 23.3. The summed E-state index contributed by atoms with van der Waals surface area (Å²) in [7, 11) is 1.47. The molecular weight excluding hydrogens is 509 g/mol. The molecule has 10 heteroatoms. The molecule has 1 aliphatic rings. The van der Waals surface area contributed by atoms with Gasteiger partial charge in [-0.25, -0.2) is 4.98 Å². The number of Topliss-reactive ketones (excluding diaryl/α,β-unsaturated/α-hetero) is 1. The highest BCUT2D eigenvalue weighted by Crippen LogP contribution is 2.45. The van der Waals surface area contributed by atoms with Crippen molar-refractivity contribution in [3.8, 4) is 5.75 Å². The van der Waals surface area contributed by atoms with Gasteiger partial charge < -0.3 is 9.84 Å². The highest BCUT2D eigenvalue weighted by Gasteiger charge is 2.49. The van der Waals surface area contributed by atoms with E-state index in [4.69, 9.17) is 27.9 Å². The van der Waals surface area contributed by atoms with Gasteiger partial charge in [0.25, 0.3) is 5.78 Å². The van der Waals surface area contributed by atoms with Crippen LogP contribution in [0.25, 0.3) is 16.0 Å². The number of aryl methyl sites for hydroxylation is 1. The number of anilines is 1. The van der Waals surface area contributed by atoms with Crippen molar-refractivity contribution < 1.29 is 19.4 Å². The molecule has 1 amide bonds. The van der Waals surface area contributed by atoms with Gasteiger partial charge in [0.05, 0.1) is 33.6 Å². The normalized spacial score (nSPS) is 17.4. The molecular formula is C25H17Cl2N3O4S. The smallest absolute Gasteiger partial charge is 0.301 e. The summed E-state index contributed by atoms with van der Waals surface area (Å²) >= 11 is 13.9. The molecule has 0 spiro atoms. The first-order valence-electron chi connectivity index (χ1n) is 10.4. The fourth-order valence-corrected chi connectivity index (χ4v) is 5.38. The molecule has 2 aromatic heterocycles. The fourth-order valence-electron chi connectivity index (χ4n) is 3.95. The number of hydrogen-bond donors (Lipinski definition) is 1. The summed E-state index contributed by atoms with van der Waals surface area (Å²) in [5, 5.41) is 12.3. The summed E-state index contributed by atoms with van der Waals surface area (Å²) in [4.78, 5) is 36.9. The van der Waals surface area contributed by atoms with Crippen molar-refractivity contribution >= 4 is 67.3 Å². The van der Waals surface area contributed by atoms with Gasteiger partial charge >= 0.3 is 5.91 Å². The molecule has 0 aliphatic carbocycles. The number of ketones is 1. The maximum Gasteiger partial charge on any atom is 0.301 e. The highest BCUT2D eigenvalue weighted by molar-refractivity contribution is 7.22. The number of ether oxygens (including phenoxy) is 1. The Morgan fingerprint density at radius 3 is 2.63 bits per heavy atom. The second-order valence-electron chi connectivity index (χ2n) is 7.84. The summed E-state index contributed by atoms with van der Waals surface area (Å²) in [5.41, 5.74) is 1.87. The van der Waals surface area contributed by atoms with Gasteiger partial charge in [-0.15, -0.1) is 0 Å². The van der Waals surface area contributed by atoms with Gasteiger partial charge in [0, 0.05) is 16.8 Å². The van der Waals surface area contributed by atoms with E-state index in [-0.39, 0.29) is 21.3 Å². The molecule has 1 fully saturated rings. The van der Waals surface area contributed by atoms with E-state index < -0.39 is 23.5 Å². The SMILES string of the molecule is COc1ccc(Cl)c(/C(O)=C2\C(=O)C(=O)N(c3nc4cc(Cl)c(C)cc4s3)C2c2ccccn2)c1. The Morgan fingerprint density at radius 2 is 1.91 bits per heavy atom. The van der Waals surface area contributed by atoms with Crippen LogP contribution in [0.4, 0.5) is 5.13 Å². The average molecular weight is 526 g/mol. The maximum atomic E-state index is 13.3. The van der Waals surface area contributed by atoms with Crippen molar-refractivity contribution in [3.63, 3.8) is 0 Å². The number of amides is 1. The number of aliphatic hydroxyl groups is 1. The van der Waals surface area contributed by atoms with E-state index >= 15 is 0 Å². The van der Waals surface area contributed by atoms with Crippen LogP contribution in [-0.2, 0) is 9.59 Å². The Balaban J connectivity index is 1.74. The third-order valence-electron chi connectivity index (χ3n) is 5.70. The van der Waals surface area contributed by atoms with Crippen LogP contribution in [0.3, 0.4) is 0 Å². The second-order valence-corrected chi connectivity index (χ2v) is 9.66. The van der Waals surface area contributed by atoms with Gasteiger partial charge in [0.15, 0.2) is 5.13 Å². The number of fused-ring (bicyclic) bond motifs is 1. The zero-order valence-corrected chi connectivity index (χ0v) is 20.8. The Morgan fingerprint density at radius 1 is 1.11 bits per heavy atom. The van der Waals surface area contributed by atoms with E-state index in [9.17, 15) is 14.7 Å². The van der Waals surface area contributed by atoms with E-state index in [1.807, 2.05) is 13.0 Å². The minimum atomic E-state index is -1.02. The van der Waals surface area contributed by atoms with Crippen LogP contribution in [-0.4, -0.2) is 33.9 Å². The van der Waals surface area contributed by atoms with E-state index in [2.05, 4.69) is 9.97 Å². The number of halogens is 2. The van der Waals surface area contributed by atoms with Gasteiger partial charge in [-0.1, -0.05) is 40.6 Å². The van der Waals surface area contributed by atoms with Crippen molar-refractivity contribution in [2.75, 3.05) is 12.0 Å². The van der Waals surface area contributed by atoms with Gasteiger partial charge in [-0.05, 0) is 55.0 Å². The van der Waals surface area contributed by atoms with Gasteiger partial charge in [0.2, 0.25) is 0 Å². The first-order valence-corrected chi connectivity index (χ1v) is 12.0. The largest absolute Gasteiger partial charge is 0.507 e. The van der Waals surface area contributed by atoms with Crippen LogP contribution in [0.15, 0.2) is 60.3 Å². The highest BCUT2D eigenvalue weighted by atomic mass is 35.5. The Hall–Kier alpha value is -3.46. The molecule has 0 bridgehead atoms. The summed E-state index contributed by atoms with van der Waals surface area (Å²) in [6, 6.07) is 12.4. The lowest BCUT2D eigenvalue weighted by molar-refractivity contribution is -0.132. The number of benzene rings is 2. The van der Waals surface area contributed by atoms with E-state index in [1.54, 1.807) is 42.6 Å². The van der Waals surface area contributed by atoms with Crippen molar-refractivity contribution in [2.45, 2.75) is 13.0 Å². The van der Waals surface area contributed by atoms with Crippen LogP contribution >= 0.6 is 34.5 Å². The van der Waals surface area contributed by atoms with E-state index in [0.717, 1.165) is 10.3 Å². The summed E-state index contributed by atoms with van der Waals surface area (Å²) < 4.78 is 6.04. The monoisotopic (exact) mass is 525 g/mol. The third-order valence-corrected chi connectivity index (χ3v) is 7.46. The number of hydrogen-bond acceptors (Lipinski definition) is 7. The fraction of sp³-hybridized carbons (Fsp3) is 0.120. The van der Waals surface area contributed by atoms with Crippen molar-refractivity contribution in [1.29, 1.82) is 0 Å². The number of nitrogens with zero attached hydrogens (tertiary/aromatic N) is 3. The Bertz CT molecular complexity index is 1500. The van der Waals surface area contributed by atoms with Crippen LogP contribution in [0, 0.1) is 6.92 Å². The van der Waals surface area contributed by atoms with Crippen molar-refractivity contribution in [1.82, 2.24) is 9.97 Å². The van der Waals surface area contributed by atoms with Gasteiger partial charge in [-0.2, -0.15) is 0 Å². The van der Waals surface area contributed by atoms with Gasteiger partial charge in [0.1, 0.15) is 17.6 Å². The van der Waals surface area contributed by atoms with Crippen molar-refractivity contribution in [2.24, 2.45) is 0 Å². The number of methoxy groups -OCH3 is 1. The quantitative estimate of drug-likeness (QED) is 0.201. The molecule has 7 nitrogen and oxygen atoms in total. The second kappa shape index (κ2) is 8.96. The minimum absolute atomic E-state index is 0.141. The van der Waals surface area contributed by atoms with Crippen LogP contribution in [0.1, 0.15) is 22.9 Å². The Labute approximate surface area is 214 Å². The lowest BCUT2D eigenvalue weighted by Gasteiger charge is -2.22. The van der Waals surface area contributed by atoms with Gasteiger partial charge in [-0.3, -0.25) is 19.5 Å². The molecule has 2 aromatic carbocycles. The number of rotatable bonds is 4. The number of aromatic nitrogens is 2. The molecule has 4 aromatic rings. The van der Waals surface area contributed by atoms with Crippen LogP contribution in [0.5, 0.6) is 5.75 Å².